The van der Waals surface area contributed by atoms with Gasteiger partial charge in [-0.25, -0.2) is 0 Å². The Morgan fingerprint density at radius 3 is 2.18 bits per heavy atom. The van der Waals surface area contributed by atoms with Crippen LogP contribution in [0.5, 0.6) is 0 Å². The lowest BCUT2D eigenvalue weighted by Gasteiger charge is -2.26. The van der Waals surface area contributed by atoms with E-state index in [1.54, 1.807) is 13.8 Å². The molecule has 0 aliphatic carbocycles. The highest BCUT2D eigenvalue weighted by atomic mass is 16.4. The molecule has 0 heterocycles. The molecule has 2 nitrogen and oxygen atoms in total. The summed E-state index contributed by atoms with van der Waals surface area (Å²) in [6.07, 6.45) is 1.65. The van der Waals surface area contributed by atoms with Gasteiger partial charge in [-0.05, 0) is 12.3 Å². The van der Waals surface area contributed by atoms with Crippen LogP contribution in [0.25, 0.3) is 0 Å². The lowest BCUT2D eigenvalue weighted by molar-refractivity contribution is -0.318. The van der Waals surface area contributed by atoms with E-state index >= 15 is 0 Å². The number of hydrogen-bond acceptors (Lipinski definition) is 2. The minimum absolute atomic E-state index is 0.564. The van der Waals surface area contributed by atoms with Gasteiger partial charge in [0, 0.05) is 11.4 Å². The molecule has 0 aliphatic rings. The summed E-state index contributed by atoms with van der Waals surface area (Å²) >= 11 is 0. The van der Waals surface area contributed by atoms with Crippen molar-refractivity contribution in [1.82, 2.24) is 0 Å². The molecule has 0 aromatic heterocycles. The van der Waals surface area contributed by atoms with E-state index < -0.39 is 11.4 Å². The van der Waals surface area contributed by atoms with E-state index in [1.807, 2.05) is 0 Å². The van der Waals surface area contributed by atoms with Crippen molar-refractivity contribution in [2.45, 2.75) is 40.5 Å². The van der Waals surface area contributed by atoms with E-state index in [4.69, 9.17) is 0 Å². The predicted molar refractivity (Wildman–Crippen MR) is 42.9 cm³/mol. The Morgan fingerprint density at radius 2 is 1.91 bits per heavy atom. The second kappa shape index (κ2) is 3.74. The minimum Gasteiger partial charge on any atom is -0.550 e. The van der Waals surface area contributed by atoms with Crippen LogP contribution in [0.4, 0.5) is 0 Å². The second-order valence-corrected chi connectivity index (χ2v) is 4.10. The van der Waals surface area contributed by atoms with Crippen LogP contribution in [0.15, 0.2) is 0 Å². The Labute approximate surface area is 68.6 Å². The lowest BCUT2D eigenvalue weighted by Crippen LogP contribution is -2.38. The van der Waals surface area contributed by atoms with Gasteiger partial charge in [-0.1, -0.05) is 34.1 Å². The van der Waals surface area contributed by atoms with Crippen molar-refractivity contribution in [3.63, 3.8) is 0 Å². The van der Waals surface area contributed by atoms with Crippen LogP contribution >= 0.6 is 0 Å². The molecule has 11 heavy (non-hydrogen) atoms. The zero-order chi connectivity index (χ0) is 9.07. The van der Waals surface area contributed by atoms with Gasteiger partial charge in [0.25, 0.3) is 0 Å². The molecule has 0 radical (unpaired) electrons. The van der Waals surface area contributed by atoms with Crippen LogP contribution < -0.4 is 5.11 Å². The average Bonchev–Trinajstić information content (AvgIpc) is 1.84. The molecule has 0 bridgehead atoms. The number of carboxylic acids is 1. The molecule has 0 atom stereocenters. The summed E-state index contributed by atoms with van der Waals surface area (Å²) in [5.74, 6) is -0.383. The zero-order valence-corrected chi connectivity index (χ0v) is 7.81. The van der Waals surface area contributed by atoms with E-state index in [0.717, 1.165) is 6.42 Å². The van der Waals surface area contributed by atoms with Gasteiger partial charge < -0.3 is 9.90 Å². The Kier molecular flexibility index (Phi) is 3.56. The fraction of sp³-hybridized carbons (Fsp3) is 0.889. The van der Waals surface area contributed by atoms with Crippen LogP contribution in [0.1, 0.15) is 40.5 Å². The monoisotopic (exact) mass is 157 g/mol. The highest BCUT2D eigenvalue weighted by Gasteiger charge is 2.18. The van der Waals surface area contributed by atoms with E-state index in [0.29, 0.717) is 12.3 Å². The molecule has 0 saturated carbocycles. The van der Waals surface area contributed by atoms with Crippen LogP contribution in [0.3, 0.4) is 0 Å². The molecule has 0 rings (SSSR count). The third kappa shape index (κ3) is 4.02. The lowest BCUT2D eigenvalue weighted by atomic mass is 9.86. The maximum absolute atomic E-state index is 10.5. The summed E-state index contributed by atoms with van der Waals surface area (Å²) in [6, 6.07) is 0. The molecule has 0 amide bonds. The Balaban J connectivity index is 3.83. The van der Waals surface area contributed by atoms with Gasteiger partial charge in [0.05, 0.1) is 0 Å². The number of hydrogen-bond donors (Lipinski definition) is 0. The molecule has 2 heteroatoms. The van der Waals surface area contributed by atoms with Crippen molar-refractivity contribution < 1.29 is 9.90 Å². The summed E-state index contributed by atoms with van der Waals surface area (Å²) in [5.41, 5.74) is -0.662. The van der Waals surface area contributed by atoms with E-state index in [1.165, 1.54) is 0 Å². The molecular weight excluding hydrogens is 140 g/mol. The smallest absolute Gasteiger partial charge is 0.0470 e. The number of rotatable bonds is 4. The van der Waals surface area contributed by atoms with Crippen LogP contribution in [0.2, 0.25) is 0 Å². The molecular formula is C9H17O2-. The third-order valence-electron chi connectivity index (χ3n) is 1.90. The first-order valence-corrected chi connectivity index (χ1v) is 4.07. The summed E-state index contributed by atoms with van der Waals surface area (Å²) in [4.78, 5) is 10.5. The average molecular weight is 157 g/mol. The third-order valence-corrected chi connectivity index (χ3v) is 1.90. The predicted octanol–water partition coefficient (Wildman–Crippen LogP) is 1.20. The molecule has 0 aliphatic heterocycles. The van der Waals surface area contributed by atoms with E-state index in [9.17, 15) is 9.90 Å². The van der Waals surface area contributed by atoms with Crippen molar-refractivity contribution in [2.24, 2.45) is 11.3 Å². The summed E-state index contributed by atoms with van der Waals surface area (Å²) in [5, 5.41) is 10.5. The molecule has 0 aromatic carbocycles. The SMILES string of the molecule is CC(C)CCC(C)(C)C(=O)[O-]. The largest absolute Gasteiger partial charge is 0.550 e. The number of carboxylic acid groups (broad SMARTS) is 1. The van der Waals surface area contributed by atoms with Crippen molar-refractivity contribution in [2.75, 3.05) is 0 Å². The molecule has 0 N–H and O–H groups in total. The van der Waals surface area contributed by atoms with Gasteiger partial charge in [0.15, 0.2) is 0 Å². The van der Waals surface area contributed by atoms with Gasteiger partial charge in [0.1, 0.15) is 0 Å². The molecule has 0 saturated heterocycles. The maximum Gasteiger partial charge on any atom is 0.0470 e. The molecule has 0 unspecified atom stereocenters. The van der Waals surface area contributed by atoms with E-state index in [-0.39, 0.29) is 0 Å². The highest BCUT2D eigenvalue weighted by Crippen LogP contribution is 2.23. The maximum atomic E-state index is 10.5. The summed E-state index contributed by atoms with van der Waals surface area (Å²) in [6.45, 7) is 7.60. The fourth-order valence-electron chi connectivity index (χ4n) is 0.752. The normalized spacial score (nSPS) is 12.1. The highest BCUT2D eigenvalue weighted by molar-refractivity contribution is 5.71. The number of carbonyl (C=O) groups excluding carboxylic acids is 1. The summed E-state index contributed by atoms with van der Waals surface area (Å²) in [7, 11) is 0. The quantitative estimate of drug-likeness (QED) is 0.615. The van der Waals surface area contributed by atoms with Gasteiger partial charge in [-0.15, -0.1) is 0 Å². The summed E-state index contributed by atoms with van der Waals surface area (Å²) < 4.78 is 0. The number of carbonyl (C=O) groups is 1. The Hall–Kier alpha value is -0.530. The molecule has 0 aromatic rings. The first kappa shape index (κ1) is 10.5. The molecule has 66 valence electrons. The van der Waals surface area contributed by atoms with E-state index in [2.05, 4.69) is 13.8 Å². The van der Waals surface area contributed by atoms with Crippen LogP contribution in [0, 0.1) is 11.3 Å². The topological polar surface area (TPSA) is 40.1 Å². The van der Waals surface area contributed by atoms with Crippen molar-refractivity contribution in [1.29, 1.82) is 0 Å². The van der Waals surface area contributed by atoms with Gasteiger partial charge in [-0.3, -0.25) is 0 Å². The van der Waals surface area contributed by atoms with Gasteiger partial charge in [0.2, 0.25) is 0 Å². The minimum atomic E-state index is -0.946. The van der Waals surface area contributed by atoms with Gasteiger partial charge >= 0.3 is 0 Å². The standard InChI is InChI=1S/C9H18O2/c1-7(2)5-6-9(3,4)8(10)11/h7H,5-6H2,1-4H3,(H,10,11)/p-1. The van der Waals surface area contributed by atoms with Crippen LogP contribution in [-0.2, 0) is 4.79 Å². The first-order valence-electron chi connectivity index (χ1n) is 4.07. The molecule has 0 spiro atoms. The van der Waals surface area contributed by atoms with Gasteiger partial charge in [-0.2, -0.15) is 0 Å². The first-order chi connectivity index (χ1) is 4.86. The molecule has 0 fully saturated rings. The fourth-order valence-corrected chi connectivity index (χ4v) is 0.752. The Bertz CT molecular complexity index is 136. The second-order valence-electron chi connectivity index (χ2n) is 4.10. The Morgan fingerprint density at radius 1 is 1.45 bits per heavy atom. The zero-order valence-electron chi connectivity index (χ0n) is 7.81. The number of aliphatic carboxylic acids is 1. The van der Waals surface area contributed by atoms with Crippen molar-refractivity contribution in [3.05, 3.63) is 0 Å². The van der Waals surface area contributed by atoms with Crippen molar-refractivity contribution in [3.8, 4) is 0 Å². The van der Waals surface area contributed by atoms with Crippen molar-refractivity contribution >= 4 is 5.97 Å². The van der Waals surface area contributed by atoms with Crippen LogP contribution in [-0.4, -0.2) is 5.97 Å².